The number of nitrogens with one attached hydrogen (secondary N) is 1. The molecule has 0 spiro atoms. The van der Waals surface area contributed by atoms with E-state index in [4.69, 9.17) is 17.3 Å². The SMILES string of the molecule is Nc1ccc2nc(NC(=O)c3ccc(Cl)cc3F)sc2c1. The van der Waals surface area contributed by atoms with Gasteiger partial charge < -0.3 is 5.73 Å². The van der Waals surface area contributed by atoms with Crippen LogP contribution in [0.15, 0.2) is 36.4 Å². The number of nitrogens with zero attached hydrogens (tertiary/aromatic N) is 1. The van der Waals surface area contributed by atoms with E-state index in [1.807, 2.05) is 0 Å². The molecule has 106 valence electrons. The monoisotopic (exact) mass is 321 g/mol. The minimum atomic E-state index is -0.676. The maximum absolute atomic E-state index is 13.7. The molecule has 0 bridgehead atoms. The molecule has 0 unspecified atom stereocenters. The Bertz CT molecular complexity index is 849. The summed E-state index contributed by atoms with van der Waals surface area (Å²) >= 11 is 6.93. The minimum Gasteiger partial charge on any atom is -0.399 e. The maximum Gasteiger partial charge on any atom is 0.260 e. The molecule has 4 nitrogen and oxygen atoms in total. The Hall–Kier alpha value is -2.18. The number of amides is 1. The predicted octanol–water partition coefficient (Wildman–Crippen LogP) is 3.92. The summed E-state index contributed by atoms with van der Waals surface area (Å²) in [4.78, 5) is 16.3. The fourth-order valence-corrected chi connectivity index (χ4v) is 2.90. The zero-order chi connectivity index (χ0) is 15.0. The molecule has 0 atom stereocenters. The molecule has 3 aromatic rings. The second kappa shape index (κ2) is 5.31. The van der Waals surface area contributed by atoms with Gasteiger partial charge in [0.25, 0.3) is 5.91 Å². The normalized spacial score (nSPS) is 10.8. The number of halogens is 2. The first-order chi connectivity index (χ1) is 10.0. The van der Waals surface area contributed by atoms with E-state index in [-0.39, 0.29) is 10.6 Å². The number of nitrogens with two attached hydrogens (primary N) is 1. The van der Waals surface area contributed by atoms with E-state index in [1.165, 1.54) is 23.5 Å². The molecule has 0 aliphatic rings. The summed E-state index contributed by atoms with van der Waals surface area (Å²) in [5.41, 5.74) is 6.95. The van der Waals surface area contributed by atoms with Crippen molar-refractivity contribution in [2.24, 2.45) is 0 Å². The average molecular weight is 322 g/mol. The number of carbonyl (C=O) groups excluding carboxylic acids is 1. The molecule has 0 saturated heterocycles. The lowest BCUT2D eigenvalue weighted by molar-refractivity contribution is 0.102. The first-order valence-corrected chi connectivity index (χ1v) is 7.15. The van der Waals surface area contributed by atoms with Crippen molar-refractivity contribution in [3.05, 3.63) is 52.8 Å². The molecule has 0 fully saturated rings. The number of hydrogen-bond donors (Lipinski definition) is 2. The van der Waals surface area contributed by atoms with Crippen LogP contribution in [0.25, 0.3) is 10.2 Å². The summed E-state index contributed by atoms with van der Waals surface area (Å²) in [5.74, 6) is -1.25. The van der Waals surface area contributed by atoms with Gasteiger partial charge >= 0.3 is 0 Å². The van der Waals surface area contributed by atoms with Gasteiger partial charge in [0.15, 0.2) is 5.13 Å². The highest BCUT2D eigenvalue weighted by molar-refractivity contribution is 7.22. The van der Waals surface area contributed by atoms with Gasteiger partial charge in [0.2, 0.25) is 0 Å². The van der Waals surface area contributed by atoms with E-state index in [1.54, 1.807) is 18.2 Å². The molecule has 0 aliphatic carbocycles. The topological polar surface area (TPSA) is 68.0 Å². The maximum atomic E-state index is 13.7. The zero-order valence-electron chi connectivity index (χ0n) is 10.6. The Morgan fingerprint density at radius 2 is 2.10 bits per heavy atom. The lowest BCUT2D eigenvalue weighted by Gasteiger charge is -2.03. The highest BCUT2D eigenvalue weighted by Gasteiger charge is 2.14. The Labute approximate surface area is 128 Å². The largest absolute Gasteiger partial charge is 0.399 e. The van der Waals surface area contributed by atoms with Crippen LogP contribution in [0.4, 0.5) is 15.2 Å². The molecule has 1 amide bonds. The fourth-order valence-electron chi connectivity index (χ4n) is 1.83. The van der Waals surface area contributed by atoms with Crippen LogP contribution in [-0.4, -0.2) is 10.9 Å². The molecule has 7 heteroatoms. The van der Waals surface area contributed by atoms with Crippen LogP contribution in [0.3, 0.4) is 0 Å². The van der Waals surface area contributed by atoms with Crippen LogP contribution in [0, 0.1) is 5.82 Å². The second-order valence-corrected chi connectivity index (χ2v) is 5.79. The van der Waals surface area contributed by atoms with Gasteiger partial charge in [-0.3, -0.25) is 10.1 Å². The van der Waals surface area contributed by atoms with Gasteiger partial charge in [-0.25, -0.2) is 9.37 Å². The van der Waals surface area contributed by atoms with E-state index in [2.05, 4.69) is 10.3 Å². The molecule has 1 aromatic heterocycles. The van der Waals surface area contributed by atoms with Gasteiger partial charge in [-0.15, -0.1) is 0 Å². The van der Waals surface area contributed by atoms with Crippen molar-refractivity contribution in [2.45, 2.75) is 0 Å². The molecule has 0 aliphatic heterocycles. The van der Waals surface area contributed by atoms with Crippen molar-refractivity contribution in [1.82, 2.24) is 4.98 Å². The van der Waals surface area contributed by atoms with Crippen LogP contribution in [0.1, 0.15) is 10.4 Å². The lowest BCUT2D eigenvalue weighted by atomic mass is 10.2. The van der Waals surface area contributed by atoms with E-state index < -0.39 is 11.7 Å². The van der Waals surface area contributed by atoms with Crippen LogP contribution < -0.4 is 11.1 Å². The highest BCUT2D eigenvalue weighted by Crippen LogP contribution is 2.28. The van der Waals surface area contributed by atoms with Gasteiger partial charge in [-0.05, 0) is 36.4 Å². The summed E-state index contributed by atoms with van der Waals surface area (Å²) in [6, 6.07) is 9.14. The summed E-state index contributed by atoms with van der Waals surface area (Å²) in [6.45, 7) is 0. The Balaban J connectivity index is 1.89. The molecule has 21 heavy (non-hydrogen) atoms. The number of nitrogen functional groups attached to an aromatic ring is 1. The van der Waals surface area contributed by atoms with E-state index in [0.29, 0.717) is 10.8 Å². The van der Waals surface area contributed by atoms with Crippen LogP contribution in [0.5, 0.6) is 0 Å². The Morgan fingerprint density at radius 3 is 2.86 bits per heavy atom. The molecular formula is C14H9ClFN3OS. The van der Waals surface area contributed by atoms with Crippen molar-refractivity contribution < 1.29 is 9.18 Å². The molecule has 0 saturated carbocycles. The number of fused-ring (bicyclic) bond motifs is 1. The van der Waals surface area contributed by atoms with Crippen molar-refractivity contribution in [3.63, 3.8) is 0 Å². The third-order valence-electron chi connectivity index (χ3n) is 2.81. The average Bonchev–Trinajstić information content (AvgIpc) is 2.79. The van der Waals surface area contributed by atoms with Crippen molar-refractivity contribution in [2.75, 3.05) is 11.1 Å². The second-order valence-electron chi connectivity index (χ2n) is 4.32. The highest BCUT2D eigenvalue weighted by atomic mass is 35.5. The van der Waals surface area contributed by atoms with Crippen molar-refractivity contribution in [1.29, 1.82) is 0 Å². The van der Waals surface area contributed by atoms with E-state index in [0.717, 1.165) is 16.3 Å². The van der Waals surface area contributed by atoms with Gasteiger partial charge in [0.1, 0.15) is 5.82 Å². The molecule has 3 N–H and O–H groups in total. The lowest BCUT2D eigenvalue weighted by Crippen LogP contribution is -2.13. The summed E-state index contributed by atoms with van der Waals surface area (Å²) in [5, 5.41) is 3.19. The van der Waals surface area contributed by atoms with Crippen LogP contribution >= 0.6 is 22.9 Å². The number of hydrogen-bond acceptors (Lipinski definition) is 4. The van der Waals surface area contributed by atoms with Gasteiger partial charge in [0.05, 0.1) is 15.8 Å². The van der Waals surface area contributed by atoms with Crippen LogP contribution in [-0.2, 0) is 0 Å². The molecule has 0 radical (unpaired) electrons. The van der Waals surface area contributed by atoms with Crippen molar-refractivity contribution in [3.8, 4) is 0 Å². The number of rotatable bonds is 2. The number of anilines is 2. The summed E-state index contributed by atoms with van der Waals surface area (Å²) in [6.07, 6.45) is 0. The quantitative estimate of drug-likeness (QED) is 0.703. The Morgan fingerprint density at radius 1 is 1.29 bits per heavy atom. The summed E-state index contributed by atoms with van der Waals surface area (Å²) in [7, 11) is 0. The zero-order valence-corrected chi connectivity index (χ0v) is 12.1. The standard InChI is InChI=1S/C14H9ClFN3OS/c15-7-1-3-9(10(16)5-7)13(20)19-14-18-11-4-2-8(17)6-12(11)21-14/h1-6H,17H2,(H,18,19,20). The number of carbonyl (C=O) groups is 1. The minimum absolute atomic E-state index is 0.0850. The van der Waals surface area contributed by atoms with Gasteiger partial charge in [-0.1, -0.05) is 22.9 Å². The summed E-state index contributed by atoms with van der Waals surface area (Å²) < 4.78 is 14.5. The van der Waals surface area contributed by atoms with E-state index >= 15 is 0 Å². The predicted molar refractivity (Wildman–Crippen MR) is 83.4 cm³/mol. The number of aromatic nitrogens is 1. The molecular weight excluding hydrogens is 313 g/mol. The smallest absolute Gasteiger partial charge is 0.260 e. The Kier molecular flexibility index (Phi) is 3.48. The molecule has 1 heterocycles. The number of thiazole rings is 1. The van der Waals surface area contributed by atoms with Gasteiger partial charge in [0, 0.05) is 10.7 Å². The third kappa shape index (κ3) is 2.81. The third-order valence-corrected chi connectivity index (χ3v) is 3.98. The molecule has 2 aromatic carbocycles. The van der Waals surface area contributed by atoms with Crippen LogP contribution in [0.2, 0.25) is 5.02 Å². The number of benzene rings is 2. The first kappa shape index (κ1) is 13.8. The van der Waals surface area contributed by atoms with Gasteiger partial charge in [-0.2, -0.15) is 0 Å². The van der Waals surface area contributed by atoms with Crippen molar-refractivity contribution >= 4 is 49.9 Å². The first-order valence-electron chi connectivity index (χ1n) is 5.95. The molecule has 3 rings (SSSR count). The fraction of sp³-hybridized carbons (Fsp3) is 0. The van der Waals surface area contributed by atoms with E-state index in [9.17, 15) is 9.18 Å².